The van der Waals surface area contributed by atoms with Crippen molar-refractivity contribution < 1.29 is 9.53 Å². The predicted octanol–water partition coefficient (Wildman–Crippen LogP) is 1.96. The van der Waals surface area contributed by atoms with Gasteiger partial charge in [0.25, 0.3) is 0 Å². The maximum Gasteiger partial charge on any atom is 0.410 e. The molecule has 1 atom stereocenters. The number of aromatic nitrogens is 2. The molecule has 1 saturated heterocycles. The lowest BCUT2D eigenvalue weighted by atomic mass is 10.1. The summed E-state index contributed by atoms with van der Waals surface area (Å²) in [4.78, 5) is 18.1. The Bertz CT molecular complexity index is 478. The van der Waals surface area contributed by atoms with E-state index in [1.54, 1.807) is 4.90 Å². The topological polar surface area (TPSA) is 73.4 Å². The Balaban J connectivity index is 1.96. The number of amides is 1. The van der Waals surface area contributed by atoms with Gasteiger partial charge in [0.05, 0.1) is 6.33 Å². The van der Waals surface area contributed by atoms with Crippen molar-refractivity contribution in [2.45, 2.75) is 51.7 Å². The second-order valence-corrected chi connectivity index (χ2v) is 6.57. The number of nitrogens with zero attached hydrogens (tertiary/aromatic N) is 3. The van der Waals surface area contributed by atoms with E-state index in [1.165, 1.54) is 5.69 Å². The fourth-order valence-electron chi connectivity index (χ4n) is 2.61. The Hall–Kier alpha value is -1.56. The van der Waals surface area contributed by atoms with E-state index in [-0.39, 0.29) is 6.09 Å². The molecule has 2 N–H and O–H groups in total. The van der Waals surface area contributed by atoms with Crippen LogP contribution in [0.4, 0.5) is 4.79 Å². The molecule has 0 aliphatic carbocycles. The molecule has 118 valence electrons. The number of likely N-dealkylation sites (tertiary alicyclic amines) is 1. The third-order valence-corrected chi connectivity index (χ3v) is 3.61. The van der Waals surface area contributed by atoms with E-state index in [1.807, 2.05) is 33.3 Å². The summed E-state index contributed by atoms with van der Waals surface area (Å²) in [7, 11) is 0. The number of carbonyl (C=O) groups is 1. The van der Waals surface area contributed by atoms with Crippen LogP contribution in [0.3, 0.4) is 0 Å². The van der Waals surface area contributed by atoms with E-state index in [4.69, 9.17) is 10.5 Å². The van der Waals surface area contributed by atoms with Gasteiger partial charge < -0.3 is 19.9 Å². The zero-order valence-electron chi connectivity index (χ0n) is 13.2. The Morgan fingerprint density at radius 3 is 2.95 bits per heavy atom. The van der Waals surface area contributed by atoms with Gasteiger partial charge in [0.1, 0.15) is 5.60 Å². The Morgan fingerprint density at radius 1 is 1.52 bits per heavy atom. The van der Waals surface area contributed by atoms with Gasteiger partial charge in [-0.2, -0.15) is 0 Å². The molecule has 21 heavy (non-hydrogen) atoms. The molecule has 1 unspecified atom stereocenters. The maximum atomic E-state index is 12.1. The molecule has 0 radical (unpaired) electrons. The number of imidazole rings is 1. The lowest BCUT2D eigenvalue weighted by molar-refractivity contribution is 0.0292. The van der Waals surface area contributed by atoms with Crippen LogP contribution < -0.4 is 5.73 Å². The van der Waals surface area contributed by atoms with Gasteiger partial charge in [0.15, 0.2) is 0 Å². The van der Waals surface area contributed by atoms with Crippen LogP contribution in [-0.4, -0.2) is 45.8 Å². The molecule has 0 aromatic carbocycles. The highest BCUT2D eigenvalue weighted by Crippen LogP contribution is 2.28. The minimum absolute atomic E-state index is 0.224. The first-order chi connectivity index (χ1) is 9.90. The van der Waals surface area contributed by atoms with Gasteiger partial charge in [-0.15, -0.1) is 0 Å². The number of ether oxygens (including phenoxy) is 1. The molecule has 1 aliphatic rings. The summed E-state index contributed by atoms with van der Waals surface area (Å²) in [5, 5.41) is 0. The third-order valence-electron chi connectivity index (χ3n) is 3.61. The van der Waals surface area contributed by atoms with Crippen molar-refractivity contribution in [3.63, 3.8) is 0 Å². The standard InChI is InChI=1S/C15H26N4O2/c1-15(2,3)21-14(20)18-8-5-12(10-18)13-9-17-11-19(13)7-4-6-16/h9,11-12H,4-8,10,16H2,1-3H3. The second kappa shape index (κ2) is 6.47. The summed E-state index contributed by atoms with van der Waals surface area (Å²) in [6.07, 6.45) is 5.42. The van der Waals surface area contributed by atoms with E-state index >= 15 is 0 Å². The van der Waals surface area contributed by atoms with Crippen LogP contribution in [-0.2, 0) is 11.3 Å². The highest BCUT2D eigenvalue weighted by atomic mass is 16.6. The van der Waals surface area contributed by atoms with Gasteiger partial charge in [-0.1, -0.05) is 0 Å². The van der Waals surface area contributed by atoms with Crippen LogP contribution in [0.15, 0.2) is 12.5 Å². The fourth-order valence-corrected chi connectivity index (χ4v) is 2.61. The van der Waals surface area contributed by atoms with Crippen molar-refractivity contribution in [1.29, 1.82) is 0 Å². The lowest BCUT2D eigenvalue weighted by Gasteiger charge is -2.24. The molecular formula is C15H26N4O2. The van der Waals surface area contributed by atoms with Crippen molar-refractivity contribution in [3.05, 3.63) is 18.2 Å². The van der Waals surface area contributed by atoms with Gasteiger partial charge >= 0.3 is 6.09 Å². The predicted molar refractivity (Wildman–Crippen MR) is 81.1 cm³/mol. The average Bonchev–Trinajstić information content (AvgIpc) is 3.02. The van der Waals surface area contributed by atoms with E-state index in [0.717, 1.165) is 25.9 Å². The van der Waals surface area contributed by atoms with E-state index in [2.05, 4.69) is 9.55 Å². The molecule has 1 fully saturated rings. The first kappa shape index (κ1) is 15.8. The summed E-state index contributed by atoms with van der Waals surface area (Å²) in [5.74, 6) is 0.331. The zero-order valence-corrected chi connectivity index (χ0v) is 13.2. The monoisotopic (exact) mass is 294 g/mol. The molecule has 1 aliphatic heterocycles. The first-order valence-corrected chi connectivity index (χ1v) is 7.58. The molecule has 1 amide bonds. The molecule has 1 aromatic heterocycles. The quantitative estimate of drug-likeness (QED) is 0.921. The van der Waals surface area contributed by atoms with Crippen LogP contribution in [0.1, 0.15) is 45.2 Å². The van der Waals surface area contributed by atoms with E-state index in [9.17, 15) is 4.79 Å². The van der Waals surface area contributed by atoms with Crippen LogP contribution in [0.25, 0.3) is 0 Å². The highest BCUT2D eigenvalue weighted by Gasteiger charge is 2.31. The molecule has 6 heteroatoms. The summed E-state index contributed by atoms with van der Waals surface area (Å²) < 4.78 is 7.58. The van der Waals surface area contributed by atoms with Crippen molar-refractivity contribution >= 4 is 6.09 Å². The number of rotatable bonds is 4. The molecule has 2 heterocycles. The van der Waals surface area contributed by atoms with Crippen LogP contribution >= 0.6 is 0 Å². The average molecular weight is 294 g/mol. The molecule has 0 spiro atoms. The minimum Gasteiger partial charge on any atom is -0.444 e. The lowest BCUT2D eigenvalue weighted by Crippen LogP contribution is -2.35. The Labute approximate surface area is 126 Å². The van der Waals surface area contributed by atoms with Crippen molar-refractivity contribution in [2.24, 2.45) is 5.73 Å². The van der Waals surface area contributed by atoms with Gasteiger partial charge in [0, 0.05) is 37.4 Å². The Kier molecular flexibility index (Phi) is 4.88. The third kappa shape index (κ3) is 4.20. The van der Waals surface area contributed by atoms with Crippen LogP contribution in [0, 0.1) is 0 Å². The number of aryl methyl sites for hydroxylation is 1. The largest absolute Gasteiger partial charge is 0.444 e. The SMILES string of the molecule is CC(C)(C)OC(=O)N1CCC(c2cncn2CCCN)C1. The summed E-state index contributed by atoms with van der Waals surface area (Å²) >= 11 is 0. The van der Waals surface area contributed by atoms with Gasteiger partial charge in [-0.25, -0.2) is 9.78 Å². The second-order valence-electron chi connectivity index (χ2n) is 6.57. The normalized spacial score (nSPS) is 19.0. The van der Waals surface area contributed by atoms with Crippen molar-refractivity contribution in [2.75, 3.05) is 19.6 Å². The number of nitrogens with two attached hydrogens (primary N) is 1. The zero-order chi connectivity index (χ0) is 15.5. The smallest absolute Gasteiger partial charge is 0.410 e. The van der Waals surface area contributed by atoms with Gasteiger partial charge in [-0.3, -0.25) is 0 Å². The molecule has 2 rings (SSSR count). The summed E-state index contributed by atoms with van der Waals surface area (Å²) in [5.41, 5.74) is 6.31. The van der Waals surface area contributed by atoms with Crippen LogP contribution in [0.2, 0.25) is 0 Å². The summed E-state index contributed by atoms with van der Waals surface area (Å²) in [6, 6.07) is 0. The fraction of sp³-hybridized carbons (Fsp3) is 0.733. The van der Waals surface area contributed by atoms with Crippen molar-refractivity contribution in [3.8, 4) is 0 Å². The maximum absolute atomic E-state index is 12.1. The van der Waals surface area contributed by atoms with Gasteiger partial charge in [0.2, 0.25) is 0 Å². The molecule has 6 nitrogen and oxygen atoms in total. The molecule has 0 bridgehead atoms. The van der Waals surface area contributed by atoms with E-state index in [0.29, 0.717) is 19.0 Å². The van der Waals surface area contributed by atoms with Crippen LogP contribution in [0.5, 0.6) is 0 Å². The van der Waals surface area contributed by atoms with E-state index < -0.39 is 5.60 Å². The Morgan fingerprint density at radius 2 is 2.29 bits per heavy atom. The number of hydrogen-bond donors (Lipinski definition) is 1. The van der Waals surface area contributed by atoms with Crippen molar-refractivity contribution in [1.82, 2.24) is 14.5 Å². The first-order valence-electron chi connectivity index (χ1n) is 7.58. The summed E-state index contributed by atoms with van der Waals surface area (Å²) in [6.45, 7) is 8.66. The number of carbonyl (C=O) groups excluding carboxylic acids is 1. The number of hydrogen-bond acceptors (Lipinski definition) is 4. The minimum atomic E-state index is -0.446. The van der Waals surface area contributed by atoms with Gasteiger partial charge in [-0.05, 0) is 40.2 Å². The molecule has 1 aromatic rings. The molecule has 0 saturated carbocycles. The molecular weight excluding hydrogens is 268 g/mol. The highest BCUT2D eigenvalue weighted by molar-refractivity contribution is 5.68.